The predicted octanol–water partition coefficient (Wildman–Crippen LogP) is 3.76. The number of methoxy groups -OCH3 is 4. The van der Waals surface area contributed by atoms with Crippen LogP contribution in [0, 0.1) is 0 Å². The molecule has 8 nitrogen and oxygen atoms in total. The lowest BCUT2D eigenvalue weighted by molar-refractivity contribution is 0.0594. The van der Waals surface area contributed by atoms with Crippen molar-refractivity contribution < 1.29 is 28.5 Å². The van der Waals surface area contributed by atoms with Crippen molar-refractivity contribution in [3.8, 4) is 17.2 Å². The molecule has 0 atom stereocenters. The van der Waals surface area contributed by atoms with E-state index < -0.39 is 11.8 Å². The van der Waals surface area contributed by atoms with Gasteiger partial charge >= 0.3 is 5.97 Å². The quantitative estimate of drug-likeness (QED) is 0.374. The Bertz CT molecular complexity index is 1300. The highest BCUT2D eigenvalue weighted by Gasteiger charge is 2.24. The summed E-state index contributed by atoms with van der Waals surface area (Å²) in [6.07, 6.45) is 0. The van der Waals surface area contributed by atoms with Crippen molar-refractivity contribution in [3.63, 3.8) is 0 Å². The number of nitrogens with zero attached hydrogens (tertiary/aromatic N) is 1. The van der Waals surface area contributed by atoms with Gasteiger partial charge in [-0.2, -0.15) is 0 Å². The van der Waals surface area contributed by atoms with Gasteiger partial charge in [-0.15, -0.1) is 0 Å². The number of ether oxygens (including phenoxy) is 4. The van der Waals surface area contributed by atoms with Crippen LogP contribution in [0.1, 0.15) is 26.5 Å². The molecule has 0 aliphatic carbocycles. The van der Waals surface area contributed by atoms with Crippen molar-refractivity contribution in [2.75, 3.05) is 28.4 Å². The van der Waals surface area contributed by atoms with E-state index in [0.29, 0.717) is 28.2 Å². The van der Waals surface area contributed by atoms with Crippen molar-refractivity contribution in [2.24, 2.45) is 0 Å². The zero-order valence-electron chi connectivity index (χ0n) is 17.4. The number of hydrogen-bond donors (Lipinski definition) is 1. The summed E-state index contributed by atoms with van der Waals surface area (Å²) in [6, 6.07) is 12.3. The number of carbonyl (C=O) groups is 2. The number of benzene rings is 2. The van der Waals surface area contributed by atoms with Crippen molar-refractivity contribution in [1.82, 2.24) is 9.97 Å². The topological polar surface area (TPSA) is 99.7 Å². The molecular formula is C23H20N2O6. The van der Waals surface area contributed by atoms with Gasteiger partial charge in [0.1, 0.15) is 11.4 Å². The molecule has 0 unspecified atom stereocenters. The smallest absolute Gasteiger partial charge is 0.356 e. The van der Waals surface area contributed by atoms with Crippen LogP contribution in [0.2, 0.25) is 0 Å². The minimum atomic E-state index is -0.633. The molecule has 0 amide bonds. The Hall–Kier alpha value is -4.07. The largest absolute Gasteiger partial charge is 0.493 e. The fraction of sp³-hybridized carbons (Fsp3) is 0.174. The van der Waals surface area contributed by atoms with E-state index in [1.807, 2.05) is 24.3 Å². The lowest BCUT2D eigenvalue weighted by Crippen LogP contribution is -2.12. The summed E-state index contributed by atoms with van der Waals surface area (Å²) in [5.41, 5.74) is 1.73. The van der Waals surface area contributed by atoms with E-state index in [-0.39, 0.29) is 17.0 Å². The molecule has 4 aromatic rings. The number of carbonyl (C=O) groups excluding carboxylic acids is 2. The monoisotopic (exact) mass is 420 g/mol. The van der Waals surface area contributed by atoms with E-state index in [1.165, 1.54) is 28.4 Å². The molecule has 158 valence electrons. The molecular weight excluding hydrogens is 400 g/mol. The number of nitrogens with one attached hydrogen (secondary N) is 1. The minimum absolute atomic E-state index is 0.0375. The van der Waals surface area contributed by atoms with Gasteiger partial charge in [-0.3, -0.25) is 4.79 Å². The Morgan fingerprint density at radius 2 is 1.55 bits per heavy atom. The van der Waals surface area contributed by atoms with E-state index in [4.69, 9.17) is 18.9 Å². The van der Waals surface area contributed by atoms with Gasteiger partial charge in [0.15, 0.2) is 11.5 Å². The fourth-order valence-corrected chi connectivity index (χ4v) is 3.57. The molecule has 2 heterocycles. The van der Waals surface area contributed by atoms with E-state index in [9.17, 15) is 9.59 Å². The standard InChI is InChI=1S/C23H20N2O6/c1-28-17-9-12(10-18(29-2)22(17)30-3)21(26)20-19-14(11-16(25-20)23(27)31-4)13-7-5-6-8-15(13)24-19/h5-11,24H,1-4H3. The Kier molecular flexibility index (Phi) is 5.21. The molecule has 0 saturated heterocycles. The summed E-state index contributed by atoms with van der Waals surface area (Å²) in [4.78, 5) is 33.4. The van der Waals surface area contributed by atoms with Gasteiger partial charge < -0.3 is 23.9 Å². The number of para-hydroxylation sites is 1. The molecule has 8 heteroatoms. The Labute approximate surface area is 177 Å². The van der Waals surface area contributed by atoms with Crippen LogP contribution in [0.25, 0.3) is 21.8 Å². The average molecular weight is 420 g/mol. The molecule has 1 N–H and O–H groups in total. The molecule has 0 bridgehead atoms. The van der Waals surface area contributed by atoms with Gasteiger partial charge in [0, 0.05) is 21.9 Å². The second-order valence-corrected chi connectivity index (χ2v) is 6.68. The van der Waals surface area contributed by atoms with Crippen molar-refractivity contribution in [2.45, 2.75) is 0 Å². The summed E-state index contributed by atoms with van der Waals surface area (Å²) < 4.78 is 20.9. The third kappa shape index (κ3) is 3.31. The SMILES string of the molecule is COC(=O)c1cc2c([nH]c3ccccc32)c(C(=O)c2cc(OC)c(OC)c(OC)c2)n1. The summed E-state index contributed by atoms with van der Waals surface area (Å²) in [5.74, 6) is -0.00862. The van der Waals surface area contributed by atoms with Gasteiger partial charge in [-0.1, -0.05) is 18.2 Å². The molecule has 2 aromatic heterocycles. The highest BCUT2D eigenvalue weighted by Crippen LogP contribution is 2.39. The minimum Gasteiger partial charge on any atom is -0.493 e. The highest BCUT2D eigenvalue weighted by molar-refractivity contribution is 6.20. The van der Waals surface area contributed by atoms with Gasteiger partial charge in [-0.25, -0.2) is 9.78 Å². The second-order valence-electron chi connectivity index (χ2n) is 6.68. The molecule has 0 saturated carbocycles. The number of pyridine rings is 1. The Morgan fingerprint density at radius 3 is 2.16 bits per heavy atom. The normalized spacial score (nSPS) is 10.8. The first-order valence-electron chi connectivity index (χ1n) is 9.36. The highest BCUT2D eigenvalue weighted by atomic mass is 16.5. The first-order chi connectivity index (χ1) is 15.0. The van der Waals surface area contributed by atoms with E-state index in [1.54, 1.807) is 18.2 Å². The molecule has 0 aliphatic heterocycles. The molecule has 0 spiro atoms. The molecule has 31 heavy (non-hydrogen) atoms. The van der Waals surface area contributed by atoms with Crippen LogP contribution in [0.4, 0.5) is 0 Å². The summed E-state index contributed by atoms with van der Waals surface area (Å²) >= 11 is 0. The number of ketones is 1. The number of fused-ring (bicyclic) bond motifs is 3. The first-order valence-corrected chi connectivity index (χ1v) is 9.36. The lowest BCUT2D eigenvalue weighted by Gasteiger charge is -2.14. The van der Waals surface area contributed by atoms with E-state index in [0.717, 1.165) is 10.9 Å². The van der Waals surface area contributed by atoms with Gasteiger partial charge in [0.25, 0.3) is 0 Å². The van der Waals surface area contributed by atoms with Gasteiger partial charge in [-0.05, 0) is 24.3 Å². The fourth-order valence-electron chi connectivity index (χ4n) is 3.57. The predicted molar refractivity (Wildman–Crippen MR) is 114 cm³/mol. The third-order valence-corrected chi connectivity index (χ3v) is 5.03. The van der Waals surface area contributed by atoms with Crippen LogP contribution in [0.5, 0.6) is 17.2 Å². The van der Waals surface area contributed by atoms with E-state index in [2.05, 4.69) is 9.97 Å². The van der Waals surface area contributed by atoms with Crippen molar-refractivity contribution >= 4 is 33.6 Å². The van der Waals surface area contributed by atoms with Crippen LogP contribution < -0.4 is 14.2 Å². The Morgan fingerprint density at radius 1 is 0.871 bits per heavy atom. The second kappa shape index (κ2) is 7.98. The average Bonchev–Trinajstić information content (AvgIpc) is 3.20. The van der Waals surface area contributed by atoms with Gasteiger partial charge in [0.05, 0.1) is 34.0 Å². The molecule has 2 aromatic carbocycles. The van der Waals surface area contributed by atoms with Crippen LogP contribution in [-0.2, 0) is 4.74 Å². The summed E-state index contributed by atoms with van der Waals surface area (Å²) in [6.45, 7) is 0. The number of aromatic amines is 1. The number of aromatic nitrogens is 2. The zero-order valence-corrected chi connectivity index (χ0v) is 17.4. The van der Waals surface area contributed by atoms with E-state index >= 15 is 0 Å². The molecule has 0 radical (unpaired) electrons. The maximum atomic E-state index is 13.5. The van der Waals surface area contributed by atoms with Gasteiger partial charge in [0.2, 0.25) is 11.5 Å². The zero-order chi connectivity index (χ0) is 22.1. The summed E-state index contributed by atoms with van der Waals surface area (Å²) in [7, 11) is 5.69. The van der Waals surface area contributed by atoms with Crippen LogP contribution in [-0.4, -0.2) is 50.2 Å². The number of hydrogen-bond acceptors (Lipinski definition) is 7. The third-order valence-electron chi connectivity index (χ3n) is 5.03. The van der Waals surface area contributed by atoms with Crippen LogP contribution >= 0.6 is 0 Å². The number of rotatable bonds is 6. The first kappa shape index (κ1) is 20.2. The molecule has 0 aliphatic rings. The van der Waals surface area contributed by atoms with Crippen molar-refractivity contribution in [1.29, 1.82) is 0 Å². The van der Waals surface area contributed by atoms with Crippen LogP contribution in [0.15, 0.2) is 42.5 Å². The Balaban J connectivity index is 1.99. The van der Waals surface area contributed by atoms with Crippen LogP contribution in [0.3, 0.4) is 0 Å². The molecule has 0 fully saturated rings. The maximum Gasteiger partial charge on any atom is 0.356 e. The summed E-state index contributed by atoms with van der Waals surface area (Å²) in [5, 5.41) is 1.56. The number of H-pyrrole nitrogens is 1. The van der Waals surface area contributed by atoms with Crippen molar-refractivity contribution in [3.05, 3.63) is 59.4 Å². The number of esters is 1. The maximum absolute atomic E-state index is 13.5. The lowest BCUT2D eigenvalue weighted by atomic mass is 10.0. The molecule has 4 rings (SSSR count).